The number of fused-ring (bicyclic) bond motifs is 1. The molecule has 1 N–H and O–H groups in total. The number of nitrogens with one attached hydrogen (secondary N) is 1. The van der Waals surface area contributed by atoms with Crippen molar-refractivity contribution in [3.63, 3.8) is 0 Å². The van der Waals surface area contributed by atoms with E-state index in [0.29, 0.717) is 6.04 Å². The topological polar surface area (TPSA) is 21.3 Å². The summed E-state index contributed by atoms with van der Waals surface area (Å²) < 4.78 is 6.63. The Hall–Kier alpha value is -1.23. The normalized spacial score (nSPS) is 16.9. The highest BCUT2D eigenvalue weighted by molar-refractivity contribution is 14.1. The summed E-state index contributed by atoms with van der Waals surface area (Å²) in [5, 5.41) is 3.68. The molecule has 1 unspecified atom stereocenters. The monoisotopic (exact) mass is 379 g/mol. The van der Waals surface area contributed by atoms with Gasteiger partial charge in [0.05, 0.1) is 13.2 Å². The Kier molecular flexibility index (Phi) is 3.87. The van der Waals surface area contributed by atoms with Gasteiger partial charge in [0.1, 0.15) is 5.75 Å². The molecule has 0 amide bonds. The summed E-state index contributed by atoms with van der Waals surface area (Å²) >= 11 is 2.35. The summed E-state index contributed by atoms with van der Waals surface area (Å²) in [4.78, 5) is 0. The van der Waals surface area contributed by atoms with E-state index in [1.807, 2.05) is 0 Å². The summed E-state index contributed by atoms with van der Waals surface area (Å²) in [5.41, 5.74) is 5.34. The van der Waals surface area contributed by atoms with Crippen LogP contribution in [0.15, 0.2) is 36.4 Å². The third kappa shape index (κ3) is 2.64. The van der Waals surface area contributed by atoms with Gasteiger partial charge in [-0.05, 0) is 89.4 Å². The van der Waals surface area contributed by atoms with Crippen molar-refractivity contribution in [1.82, 2.24) is 0 Å². The molecular weight excluding hydrogens is 361 g/mol. The molecule has 2 aromatic carbocycles. The van der Waals surface area contributed by atoms with Crippen LogP contribution in [0, 0.1) is 10.5 Å². The fourth-order valence-electron chi connectivity index (χ4n) is 2.83. The highest BCUT2D eigenvalue weighted by atomic mass is 127. The average Bonchev–Trinajstić information content (AvgIpc) is 2.84. The van der Waals surface area contributed by atoms with Crippen LogP contribution in [0.2, 0.25) is 0 Å². The fourth-order valence-corrected chi connectivity index (χ4v) is 3.48. The van der Waals surface area contributed by atoms with Gasteiger partial charge >= 0.3 is 0 Å². The van der Waals surface area contributed by atoms with Gasteiger partial charge in [0.15, 0.2) is 0 Å². The maximum atomic E-state index is 5.35. The number of anilines is 1. The fraction of sp³-hybridized carbons (Fsp3) is 0.294. The molecule has 0 spiro atoms. The smallest absolute Gasteiger partial charge is 0.119 e. The van der Waals surface area contributed by atoms with Crippen LogP contribution in [-0.4, -0.2) is 7.11 Å². The van der Waals surface area contributed by atoms with Crippen LogP contribution in [0.3, 0.4) is 0 Å². The molecular formula is C17H18INO. The minimum absolute atomic E-state index is 0.388. The third-order valence-corrected chi connectivity index (χ3v) is 4.62. The second-order valence-corrected chi connectivity index (χ2v) is 6.51. The number of benzene rings is 2. The number of rotatable bonds is 3. The van der Waals surface area contributed by atoms with Crippen LogP contribution < -0.4 is 10.1 Å². The van der Waals surface area contributed by atoms with Crippen molar-refractivity contribution in [2.24, 2.45) is 0 Å². The quantitative estimate of drug-likeness (QED) is 0.781. The number of halogens is 1. The highest BCUT2D eigenvalue weighted by Gasteiger charge is 2.23. The summed E-state index contributed by atoms with van der Waals surface area (Å²) in [6, 6.07) is 13.3. The lowest BCUT2D eigenvalue weighted by molar-refractivity contribution is 0.414. The Morgan fingerprint density at radius 3 is 2.80 bits per heavy atom. The van der Waals surface area contributed by atoms with Gasteiger partial charge in [0, 0.05) is 9.26 Å². The van der Waals surface area contributed by atoms with Gasteiger partial charge in [-0.1, -0.05) is 6.07 Å². The predicted molar refractivity (Wildman–Crippen MR) is 91.6 cm³/mol. The summed E-state index contributed by atoms with van der Waals surface area (Å²) in [5.74, 6) is 0.941. The lowest BCUT2D eigenvalue weighted by Crippen LogP contribution is -2.08. The van der Waals surface area contributed by atoms with E-state index in [2.05, 4.69) is 71.2 Å². The summed E-state index contributed by atoms with van der Waals surface area (Å²) in [6.07, 6.45) is 2.29. The Morgan fingerprint density at radius 1 is 1.20 bits per heavy atom. The van der Waals surface area contributed by atoms with Crippen molar-refractivity contribution < 1.29 is 4.74 Å². The van der Waals surface area contributed by atoms with Crippen LogP contribution in [0.4, 0.5) is 5.69 Å². The molecule has 2 aromatic rings. The molecule has 0 aliphatic heterocycles. The zero-order chi connectivity index (χ0) is 14.1. The molecule has 20 heavy (non-hydrogen) atoms. The van der Waals surface area contributed by atoms with Crippen molar-refractivity contribution in [2.45, 2.75) is 25.8 Å². The van der Waals surface area contributed by atoms with Crippen molar-refractivity contribution in [1.29, 1.82) is 0 Å². The van der Waals surface area contributed by atoms with Gasteiger partial charge in [0.25, 0.3) is 0 Å². The maximum Gasteiger partial charge on any atom is 0.119 e. The minimum Gasteiger partial charge on any atom is -0.497 e. The molecule has 0 saturated carbocycles. The third-order valence-electron chi connectivity index (χ3n) is 3.95. The van der Waals surface area contributed by atoms with E-state index in [1.54, 1.807) is 7.11 Å². The molecule has 1 aliphatic carbocycles. The summed E-state index contributed by atoms with van der Waals surface area (Å²) in [6.45, 7) is 2.16. The molecule has 3 heteroatoms. The molecule has 0 heterocycles. The van der Waals surface area contributed by atoms with Gasteiger partial charge in [-0.25, -0.2) is 0 Å². The van der Waals surface area contributed by atoms with E-state index in [0.717, 1.165) is 18.6 Å². The average molecular weight is 379 g/mol. The first-order chi connectivity index (χ1) is 9.67. The van der Waals surface area contributed by atoms with Crippen molar-refractivity contribution in [3.05, 3.63) is 56.7 Å². The van der Waals surface area contributed by atoms with E-state index in [1.165, 1.54) is 25.9 Å². The van der Waals surface area contributed by atoms with Crippen molar-refractivity contribution >= 4 is 28.3 Å². The number of aryl methyl sites for hydroxylation is 2. The van der Waals surface area contributed by atoms with Crippen LogP contribution in [-0.2, 0) is 6.42 Å². The van der Waals surface area contributed by atoms with Crippen LogP contribution in [0.5, 0.6) is 5.75 Å². The van der Waals surface area contributed by atoms with Crippen LogP contribution in [0.1, 0.15) is 29.2 Å². The van der Waals surface area contributed by atoms with Crippen molar-refractivity contribution in [2.75, 3.05) is 12.4 Å². The summed E-state index contributed by atoms with van der Waals surface area (Å²) in [7, 11) is 1.72. The van der Waals surface area contributed by atoms with E-state index in [-0.39, 0.29) is 0 Å². The zero-order valence-electron chi connectivity index (χ0n) is 11.7. The van der Waals surface area contributed by atoms with Crippen LogP contribution >= 0.6 is 22.6 Å². The zero-order valence-corrected chi connectivity index (χ0v) is 13.9. The van der Waals surface area contributed by atoms with E-state index >= 15 is 0 Å². The lowest BCUT2D eigenvalue weighted by atomic mass is 10.1. The molecule has 0 fully saturated rings. The first-order valence-corrected chi connectivity index (χ1v) is 7.95. The maximum absolute atomic E-state index is 5.35. The predicted octanol–water partition coefficient (Wildman–Crippen LogP) is 4.71. The standard InChI is InChI=1S/C17H18INO/c1-11-9-13(18)5-8-16(11)19-17-7-4-12-3-6-14(20-2)10-15(12)17/h3,5-6,8-10,17,19H,4,7H2,1-2H3. The van der Waals surface area contributed by atoms with Gasteiger partial charge in [-0.15, -0.1) is 0 Å². The Balaban J connectivity index is 1.87. The molecule has 0 saturated heterocycles. The minimum atomic E-state index is 0.388. The van der Waals surface area contributed by atoms with Gasteiger partial charge in [-0.3, -0.25) is 0 Å². The number of hydrogen-bond acceptors (Lipinski definition) is 2. The molecule has 0 bridgehead atoms. The Bertz CT molecular complexity index is 639. The number of methoxy groups -OCH3 is 1. The first-order valence-electron chi connectivity index (χ1n) is 6.87. The molecule has 104 valence electrons. The molecule has 0 aromatic heterocycles. The molecule has 1 aliphatic rings. The Labute approximate surface area is 133 Å². The van der Waals surface area contributed by atoms with E-state index < -0.39 is 0 Å². The second-order valence-electron chi connectivity index (χ2n) is 5.26. The molecule has 3 rings (SSSR count). The first kappa shape index (κ1) is 13.7. The molecule has 2 nitrogen and oxygen atoms in total. The second kappa shape index (κ2) is 5.64. The van der Waals surface area contributed by atoms with E-state index in [4.69, 9.17) is 4.74 Å². The van der Waals surface area contributed by atoms with Crippen molar-refractivity contribution in [3.8, 4) is 5.75 Å². The number of hydrogen-bond donors (Lipinski definition) is 1. The highest BCUT2D eigenvalue weighted by Crippen LogP contribution is 2.36. The molecule has 1 atom stereocenters. The Morgan fingerprint density at radius 2 is 2.05 bits per heavy atom. The van der Waals surface area contributed by atoms with E-state index in [9.17, 15) is 0 Å². The lowest BCUT2D eigenvalue weighted by Gasteiger charge is -2.18. The molecule has 0 radical (unpaired) electrons. The van der Waals surface area contributed by atoms with Gasteiger partial charge < -0.3 is 10.1 Å². The van der Waals surface area contributed by atoms with Gasteiger partial charge in [-0.2, -0.15) is 0 Å². The largest absolute Gasteiger partial charge is 0.497 e. The van der Waals surface area contributed by atoms with Crippen LogP contribution in [0.25, 0.3) is 0 Å². The SMILES string of the molecule is COc1ccc2c(c1)C(Nc1ccc(I)cc1C)CC2. The number of ether oxygens (including phenoxy) is 1. The van der Waals surface area contributed by atoms with Gasteiger partial charge in [0.2, 0.25) is 0 Å².